The van der Waals surface area contributed by atoms with Crippen LogP contribution in [0.5, 0.6) is 11.5 Å². The van der Waals surface area contributed by atoms with Gasteiger partial charge >= 0.3 is 0 Å². The molecule has 17 heavy (non-hydrogen) atoms. The van der Waals surface area contributed by atoms with Gasteiger partial charge in [0.25, 0.3) is 0 Å². The third kappa shape index (κ3) is 3.37. The van der Waals surface area contributed by atoms with Crippen LogP contribution in [0.4, 0.5) is 0 Å². The lowest BCUT2D eigenvalue weighted by Gasteiger charge is -2.24. The van der Waals surface area contributed by atoms with Crippen molar-refractivity contribution in [3.05, 3.63) is 22.2 Å². The second-order valence-corrected chi connectivity index (χ2v) is 5.54. The summed E-state index contributed by atoms with van der Waals surface area (Å²) in [7, 11) is 1.63. The summed E-state index contributed by atoms with van der Waals surface area (Å²) in [4.78, 5) is 0. The predicted octanol–water partition coefficient (Wildman–Crippen LogP) is 3.66. The van der Waals surface area contributed by atoms with Crippen molar-refractivity contribution in [2.75, 3.05) is 13.7 Å². The molecule has 0 spiro atoms. The Balaban J connectivity index is 3.31. The van der Waals surface area contributed by atoms with Crippen molar-refractivity contribution in [3.63, 3.8) is 0 Å². The molecule has 0 aliphatic carbocycles. The van der Waals surface area contributed by atoms with Gasteiger partial charge in [-0.05, 0) is 33.5 Å². The van der Waals surface area contributed by atoms with E-state index in [1.807, 2.05) is 18.2 Å². The van der Waals surface area contributed by atoms with Crippen molar-refractivity contribution in [2.24, 2.45) is 0 Å². The summed E-state index contributed by atoms with van der Waals surface area (Å²) in [5.74, 6) is 1.48. The van der Waals surface area contributed by atoms with Crippen LogP contribution >= 0.6 is 15.9 Å². The molecule has 92 valence electrons. The van der Waals surface area contributed by atoms with E-state index in [0.717, 1.165) is 15.8 Å². The Bertz CT molecular complexity index is 444. The maximum absolute atomic E-state index is 8.60. The number of nitriles is 1. The van der Waals surface area contributed by atoms with E-state index in [4.69, 9.17) is 14.7 Å². The predicted molar refractivity (Wildman–Crippen MR) is 70.5 cm³/mol. The van der Waals surface area contributed by atoms with Gasteiger partial charge in [-0.1, -0.05) is 20.8 Å². The van der Waals surface area contributed by atoms with Gasteiger partial charge in [-0.3, -0.25) is 0 Å². The third-order valence-electron chi connectivity index (χ3n) is 2.34. The molecule has 1 aromatic rings. The number of halogens is 1. The zero-order valence-corrected chi connectivity index (χ0v) is 12.1. The number of hydrogen-bond donors (Lipinski definition) is 0. The Morgan fingerprint density at radius 1 is 1.35 bits per heavy atom. The van der Waals surface area contributed by atoms with Crippen LogP contribution in [0.15, 0.2) is 16.6 Å². The summed E-state index contributed by atoms with van der Waals surface area (Å²) in [6.45, 7) is 6.31. The van der Waals surface area contributed by atoms with E-state index in [2.05, 4.69) is 36.7 Å². The van der Waals surface area contributed by atoms with Crippen LogP contribution in [0.25, 0.3) is 0 Å². The maximum Gasteiger partial charge on any atom is 0.174 e. The van der Waals surface area contributed by atoms with Gasteiger partial charge in [0.2, 0.25) is 0 Å². The normalized spacial score (nSPS) is 10.8. The van der Waals surface area contributed by atoms with Crippen molar-refractivity contribution < 1.29 is 9.47 Å². The number of benzene rings is 1. The molecule has 0 fully saturated rings. The first-order valence-corrected chi connectivity index (χ1v) is 6.07. The average molecular weight is 298 g/mol. The highest BCUT2D eigenvalue weighted by molar-refractivity contribution is 9.10. The van der Waals surface area contributed by atoms with Crippen LogP contribution in [0.3, 0.4) is 0 Å². The Morgan fingerprint density at radius 2 is 2.00 bits per heavy atom. The highest BCUT2D eigenvalue weighted by Crippen LogP contribution is 2.40. The molecule has 4 heteroatoms. The molecular formula is C13H16BrNO2. The molecule has 0 N–H and O–H groups in total. The molecule has 0 bridgehead atoms. The second kappa shape index (κ2) is 5.42. The summed E-state index contributed by atoms with van der Waals surface area (Å²) in [6, 6.07) is 5.75. The lowest BCUT2D eigenvalue weighted by atomic mass is 9.86. The zero-order chi connectivity index (χ0) is 13.1. The zero-order valence-electron chi connectivity index (χ0n) is 10.5. The summed E-state index contributed by atoms with van der Waals surface area (Å²) >= 11 is 3.45. The van der Waals surface area contributed by atoms with Gasteiger partial charge < -0.3 is 9.47 Å². The van der Waals surface area contributed by atoms with E-state index in [1.165, 1.54) is 0 Å². The monoisotopic (exact) mass is 297 g/mol. The van der Waals surface area contributed by atoms with Crippen LogP contribution in [0.2, 0.25) is 0 Å². The Kier molecular flexibility index (Phi) is 4.41. The van der Waals surface area contributed by atoms with E-state index in [-0.39, 0.29) is 12.0 Å². The fourth-order valence-electron chi connectivity index (χ4n) is 1.49. The topological polar surface area (TPSA) is 42.2 Å². The molecule has 0 radical (unpaired) electrons. The van der Waals surface area contributed by atoms with Crippen LogP contribution in [-0.2, 0) is 5.41 Å². The maximum atomic E-state index is 8.60. The number of nitrogens with zero attached hydrogens (tertiary/aromatic N) is 1. The van der Waals surface area contributed by atoms with Crippen molar-refractivity contribution >= 4 is 15.9 Å². The second-order valence-electron chi connectivity index (χ2n) is 4.68. The number of methoxy groups -OCH3 is 1. The van der Waals surface area contributed by atoms with Gasteiger partial charge in [0.15, 0.2) is 6.61 Å². The van der Waals surface area contributed by atoms with E-state index < -0.39 is 0 Å². The van der Waals surface area contributed by atoms with Crippen LogP contribution in [-0.4, -0.2) is 13.7 Å². The van der Waals surface area contributed by atoms with Crippen molar-refractivity contribution in [2.45, 2.75) is 26.2 Å². The van der Waals surface area contributed by atoms with Crippen LogP contribution < -0.4 is 9.47 Å². The summed E-state index contributed by atoms with van der Waals surface area (Å²) < 4.78 is 11.5. The van der Waals surface area contributed by atoms with Gasteiger partial charge in [-0.2, -0.15) is 5.26 Å². The van der Waals surface area contributed by atoms with Crippen molar-refractivity contribution in [1.82, 2.24) is 0 Å². The molecule has 1 aromatic carbocycles. The lowest BCUT2D eigenvalue weighted by Crippen LogP contribution is -2.14. The van der Waals surface area contributed by atoms with Gasteiger partial charge in [-0.15, -0.1) is 0 Å². The minimum absolute atomic E-state index is 0.0357. The highest BCUT2D eigenvalue weighted by Gasteiger charge is 2.22. The molecule has 0 aliphatic rings. The highest BCUT2D eigenvalue weighted by atomic mass is 79.9. The molecule has 1 rings (SSSR count). The number of ether oxygens (including phenoxy) is 2. The smallest absolute Gasteiger partial charge is 0.174 e. The van der Waals surface area contributed by atoms with Crippen molar-refractivity contribution in [3.8, 4) is 17.6 Å². The Labute approximate surface area is 110 Å². The average Bonchev–Trinajstić information content (AvgIpc) is 2.25. The first kappa shape index (κ1) is 13.9. The number of rotatable bonds is 3. The minimum atomic E-state index is -0.0815. The van der Waals surface area contributed by atoms with Gasteiger partial charge in [0, 0.05) is 5.56 Å². The lowest BCUT2D eigenvalue weighted by molar-refractivity contribution is 0.350. The van der Waals surface area contributed by atoms with E-state index in [9.17, 15) is 0 Å². The standard InChI is InChI=1S/C13H16BrNO2/c1-13(2,3)10-7-9(16-4)8-11(14)12(10)17-6-5-15/h7-8H,6H2,1-4H3. The molecule has 3 nitrogen and oxygen atoms in total. The summed E-state index contributed by atoms with van der Waals surface area (Å²) in [5.41, 5.74) is 0.931. The molecule has 0 amide bonds. The fraction of sp³-hybridized carbons (Fsp3) is 0.462. The molecule has 0 aliphatic heterocycles. The fourth-order valence-corrected chi connectivity index (χ4v) is 2.05. The Hall–Kier alpha value is -1.21. The quantitative estimate of drug-likeness (QED) is 0.855. The van der Waals surface area contributed by atoms with Crippen LogP contribution in [0, 0.1) is 11.3 Å². The molecule has 0 heterocycles. The summed E-state index contributed by atoms with van der Waals surface area (Å²) in [5, 5.41) is 8.60. The van der Waals surface area contributed by atoms with Gasteiger partial charge in [-0.25, -0.2) is 0 Å². The van der Waals surface area contributed by atoms with E-state index in [1.54, 1.807) is 7.11 Å². The first-order valence-electron chi connectivity index (χ1n) is 5.28. The number of hydrogen-bond acceptors (Lipinski definition) is 3. The molecule has 0 aromatic heterocycles. The minimum Gasteiger partial charge on any atom is -0.497 e. The third-order valence-corrected chi connectivity index (χ3v) is 2.93. The molecule has 0 saturated carbocycles. The van der Waals surface area contributed by atoms with Gasteiger partial charge in [0.1, 0.15) is 17.6 Å². The molecule has 0 unspecified atom stereocenters. The van der Waals surface area contributed by atoms with Crippen molar-refractivity contribution in [1.29, 1.82) is 5.26 Å². The molecule has 0 saturated heterocycles. The molecular weight excluding hydrogens is 282 g/mol. The van der Waals surface area contributed by atoms with Crippen LogP contribution in [0.1, 0.15) is 26.3 Å². The van der Waals surface area contributed by atoms with E-state index in [0.29, 0.717) is 5.75 Å². The van der Waals surface area contributed by atoms with Gasteiger partial charge in [0.05, 0.1) is 11.6 Å². The molecule has 0 atom stereocenters. The SMILES string of the molecule is COc1cc(Br)c(OCC#N)c(C(C)(C)C)c1. The van der Waals surface area contributed by atoms with E-state index >= 15 is 0 Å². The largest absolute Gasteiger partial charge is 0.497 e. The summed E-state index contributed by atoms with van der Waals surface area (Å²) in [6.07, 6.45) is 0. The Morgan fingerprint density at radius 3 is 2.47 bits per heavy atom. The first-order chi connectivity index (χ1) is 7.90.